The van der Waals surface area contributed by atoms with Gasteiger partial charge in [0.1, 0.15) is 0 Å². The summed E-state index contributed by atoms with van der Waals surface area (Å²) in [6.07, 6.45) is 0. The van der Waals surface area contributed by atoms with E-state index >= 15 is 0 Å². The SMILES string of the molecule is Ic1nc(I)nc(Nc2ccccc2)n1. The Morgan fingerprint density at radius 3 is 2.07 bits per heavy atom. The lowest BCUT2D eigenvalue weighted by molar-refractivity contribution is 0.975. The number of aromatic nitrogens is 3. The number of hydrogen-bond acceptors (Lipinski definition) is 4. The van der Waals surface area contributed by atoms with Gasteiger partial charge in [-0.2, -0.15) is 15.0 Å². The second-order valence-electron chi connectivity index (χ2n) is 2.69. The van der Waals surface area contributed by atoms with E-state index in [1.165, 1.54) is 0 Å². The summed E-state index contributed by atoms with van der Waals surface area (Å²) < 4.78 is 1.37. The minimum Gasteiger partial charge on any atom is -0.324 e. The lowest BCUT2D eigenvalue weighted by atomic mass is 10.3. The van der Waals surface area contributed by atoms with Crippen LogP contribution in [0.2, 0.25) is 0 Å². The van der Waals surface area contributed by atoms with Gasteiger partial charge in [0.25, 0.3) is 0 Å². The molecule has 0 spiro atoms. The minimum atomic E-state index is 0.574. The summed E-state index contributed by atoms with van der Waals surface area (Å²) in [5.41, 5.74) is 0.968. The highest BCUT2D eigenvalue weighted by molar-refractivity contribution is 14.1. The van der Waals surface area contributed by atoms with Crippen molar-refractivity contribution in [3.05, 3.63) is 38.0 Å². The molecule has 0 radical (unpaired) electrons. The van der Waals surface area contributed by atoms with Crippen LogP contribution in [0.15, 0.2) is 30.3 Å². The van der Waals surface area contributed by atoms with Crippen LogP contribution in [0.5, 0.6) is 0 Å². The van der Waals surface area contributed by atoms with Crippen molar-refractivity contribution in [3.8, 4) is 0 Å². The maximum atomic E-state index is 4.18. The Balaban J connectivity index is 2.25. The Morgan fingerprint density at radius 2 is 1.47 bits per heavy atom. The van der Waals surface area contributed by atoms with Crippen molar-refractivity contribution in [2.75, 3.05) is 5.32 Å². The zero-order valence-corrected chi connectivity index (χ0v) is 11.8. The van der Waals surface area contributed by atoms with Crippen LogP contribution < -0.4 is 5.32 Å². The van der Waals surface area contributed by atoms with Crippen molar-refractivity contribution in [2.45, 2.75) is 0 Å². The molecule has 0 unspecified atom stereocenters. The Hall–Kier alpha value is -0.510. The Kier molecular flexibility index (Phi) is 3.67. The molecule has 2 aromatic rings. The first kappa shape index (κ1) is 11.0. The molecule has 1 aromatic carbocycles. The Labute approximate surface area is 114 Å². The van der Waals surface area contributed by atoms with Gasteiger partial charge in [0.05, 0.1) is 0 Å². The van der Waals surface area contributed by atoms with E-state index < -0.39 is 0 Å². The monoisotopic (exact) mass is 424 g/mol. The molecule has 1 N–H and O–H groups in total. The number of para-hydroxylation sites is 1. The highest BCUT2D eigenvalue weighted by Gasteiger charge is 2.01. The van der Waals surface area contributed by atoms with E-state index in [0.717, 1.165) is 5.69 Å². The Bertz CT molecular complexity index is 441. The fraction of sp³-hybridized carbons (Fsp3) is 0. The largest absolute Gasteiger partial charge is 0.324 e. The first-order chi connectivity index (χ1) is 7.24. The summed E-state index contributed by atoms with van der Waals surface area (Å²) in [6, 6.07) is 9.80. The molecular weight excluding hydrogens is 418 g/mol. The molecule has 2 rings (SSSR count). The maximum absolute atomic E-state index is 4.18. The summed E-state index contributed by atoms with van der Waals surface area (Å²) >= 11 is 4.13. The normalized spacial score (nSPS) is 10.0. The van der Waals surface area contributed by atoms with Gasteiger partial charge in [-0.3, -0.25) is 0 Å². The molecule has 0 saturated heterocycles. The predicted molar refractivity (Wildman–Crippen MR) is 75.0 cm³/mol. The van der Waals surface area contributed by atoms with E-state index in [1.54, 1.807) is 0 Å². The van der Waals surface area contributed by atoms with Crippen molar-refractivity contribution in [3.63, 3.8) is 0 Å². The number of nitrogens with zero attached hydrogens (tertiary/aromatic N) is 3. The molecular formula is C9H6I2N4. The molecule has 76 valence electrons. The van der Waals surface area contributed by atoms with E-state index in [4.69, 9.17) is 0 Å². The van der Waals surface area contributed by atoms with Crippen LogP contribution in [0.25, 0.3) is 0 Å². The van der Waals surface area contributed by atoms with Crippen LogP contribution in [-0.2, 0) is 0 Å². The van der Waals surface area contributed by atoms with Gasteiger partial charge in [0.2, 0.25) is 5.95 Å². The molecule has 6 heteroatoms. The summed E-state index contributed by atoms with van der Waals surface area (Å²) in [4.78, 5) is 12.4. The fourth-order valence-electron chi connectivity index (χ4n) is 1.03. The molecule has 0 bridgehead atoms. The van der Waals surface area contributed by atoms with Gasteiger partial charge >= 0.3 is 0 Å². The second kappa shape index (κ2) is 5.01. The van der Waals surface area contributed by atoms with Crippen LogP contribution in [0, 0.1) is 7.66 Å². The Morgan fingerprint density at radius 1 is 0.867 bits per heavy atom. The highest BCUT2D eigenvalue weighted by Crippen LogP contribution is 2.13. The fourth-order valence-corrected chi connectivity index (χ4v) is 2.41. The molecule has 0 fully saturated rings. The van der Waals surface area contributed by atoms with E-state index in [-0.39, 0.29) is 0 Å². The number of benzene rings is 1. The molecule has 0 aliphatic carbocycles. The van der Waals surface area contributed by atoms with Gasteiger partial charge in [-0.05, 0) is 12.1 Å². The van der Waals surface area contributed by atoms with E-state index in [2.05, 4.69) is 65.5 Å². The van der Waals surface area contributed by atoms with Crippen molar-refractivity contribution >= 4 is 56.8 Å². The molecule has 15 heavy (non-hydrogen) atoms. The highest BCUT2D eigenvalue weighted by atomic mass is 127. The summed E-state index contributed by atoms with van der Waals surface area (Å²) in [7, 11) is 0. The second-order valence-corrected chi connectivity index (χ2v) is 4.62. The molecule has 0 aliphatic rings. The quantitative estimate of drug-likeness (QED) is 0.754. The van der Waals surface area contributed by atoms with E-state index in [9.17, 15) is 0 Å². The third kappa shape index (κ3) is 3.23. The summed E-state index contributed by atoms with van der Waals surface area (Å²) in [6.45, 7) is 0. The number of anilines is 2. The smallest absolute Gasteiger partial charge is 0.232 e. The number of hydrogen-bond donors (Lipinski definition) is 1. The molecule has 4 nitrogen and oxygen atoms in total. The molecule has 0 amide bonds. The molecule has 1 aromatic heterocycles. The summed E-state index contributed by atoms with van der Waals surface area (Å²) in [5, 5.41) is 3.11. The van der Waals surface area contributed by atoms with Crippen molar-refractivity contribution in [2.24, 2.45) is 0 Å². The minimum absolute atomic E-state index is 0.574. The molecule has 0 saturated carbocycles. The van der Waals surface area contributed by atoms with Crippen LogP contribution in [-0.4, -0.2) is 15.0 Å². The van der Waals surface area contributed by atoms with Crippen LogP contribution in [0.4, 0.5) is 11.6 Å². The van der Waals surface area contributed by atoms with Gasteiger partial charge in [0, 0.05) is 50.9 Å². The van der Waals surface area contributed by atoms with Gasteiger partial charge in [-0.1, -0.05) is 18.2 Å². The van der Waals surface area contributed by atoms with E-state index in [1.807, 2.05) is 30.3 Å². The zero-order chi connectivity index (χ0) is 10.7. The molecule has 0 atom stereocenters. The summed E-state index contributed by atoms with van der Waals surface area (Å²) in [5.74, 6) is 0.574. The average molecular weight is 424 g/mol. The zero-order valence-electron chi connectivity index (χ0n) is 7.48. The van der Waals surface area contributed by atoms with Gasteiger partial charge in [-0.15, -0.1) is 0 Å². The number of nitrogens with one attached hydrogen (secondary N) is 1. The van der Waals surface area contributed by atoms with Gasteiger partial charge in [-0.25, -0.2) is 0 Å². The maximum Gasteiger partial charge on any atom is 0.232 e. The lowest BCUT2D eigenvalue weighted by Crippen LogP contribution is -2.02. The molecule has 1 heterocycles. The third-order valence-electron chi connectivity index (χ3n) is 1.61. The van der Waals surface area contributed by atoms with Crippen molar-refractivity contribution in [1.82, 2.24) is 15.0 Å². The standard InChI is InChI=1S/C9H6I2N4/c10-7-13-8(11)15-9(14-7)12-6-4-2-1-3-5-6/h1-5H,(H,12,13,14,15). The van der Waals surface area contributed by atoms with Gasteiger partial charge < -0.3 is 5.32 Å². The van der Waals surface area contributed by atoms with E-state index in [0.29, 0.717) is 13.6 Å². The number of rotatable bonds is 2. The van der Waals surface area contributed by atoms with Crippen LogP contribution >= 0.6 is 45.2 Å². The van der Waals surface area contributed by atoms with Crippen LogP contribution in [0.1, 0.15) is 0 Å². The first-order valence-corrected chi connectivity index (χ1v) is 6.29. The molecule has 0 aliphatic heterocycles. The number of halogens is 2. The third-order valence-corrected chi connectivity index (χ3v) is 2.58. The lowest BCUT2D eigenvalue weighted by Gasteiger charge is -2.04. The topological polar surface area (TPSA) is 50.7 Å². The average Bonchev–Trinajstić information content (AvgIpc) is 2.17. The van der Waals surface area contributed by atoms with Gasteiger partial charge in [0.15, 0.2) is 7.66 Å². The van der Waals surface area contributed by atoms with Crippen molar-refractivity contribution < 1.29 is 0 Å². The van der Waals surface area contributed by atoms with Crippen molar-refractivity contribution in [1.29, 1.82) is 0 Å². The first-order valence-electron chi connectivity index (χ1n) is 4.13. The van der Waals surface area contributed by atoms with Crippen LogP contribution in [0.3, 0.4) is 0 Å². The predicted octanol–water partition coefficient (Wildman–Crippen LogP) is 2.82.